The summed E-state index contributed by atoms with van der Waals surface area (Å²) in [6.45, 7) is 0. The molecular weight excluding hydrogens is 180 g/mol. The van der Waals surface area contributed by atoms with Gasteiger partial charge in [-0.1, -0.05) is 30.3 Å². The number of nitrogens with one attached hydrogen (secondary N) is 1. The summed E-state index contributed by atoms with van der Waals surface area (Å²) in [4.78, 5) is 21.1. The van der Waals surface area contributed by atoms with Crippen LogP contribution in [0, 0.1) is 0 Å². The van der Waals surface area contributed by atoms with Gasteiger partial charge in [0.25, 0.3) is 0 Å². The van der Waals surface area contributed by atoms with E-state index in [1.54, 1.807) is 24.3 Å². The number of carbonyl (C=O) groups is 2. The minimum absolute atomic E-state index is 0.379. The van der Waals surface area contributed by atoms with Crippen LogP contribution in [0.4, 0.5) is 4.79 Å². The number of allylic oxidation sites excluding steroid dienone is 1. The van der Waals surface area contributed by atoms with Gasteiger partial charge in [0.15, 0.2) is 6.29 Å². The Labute approximate surface area is 81.4 Å². The number of hydrogen-bond donors (Lipinski definition) is 2. The minimum Gasteiger partial charge on any atom is -0.351 e. The second kappa shape index (κ2) is 4.81. The molecule has 0 saturated heterocycles. The van der Waals surface area contributed by atoms with Crippen LogP contribution in [0.15, 0.2) is 36.5 Å². The fourth-order valence-corrected chi connectivity index (χ4v) is 0.965. The molecule has 0 saturated carbocycles. The summed E-state index contributed by atoms with van der Waals surface area (Å²) < 4.78 is 0. The summed E-state index contributed by atoms with van der Waals surface area (Å²) in [5.74, 6) is 0. The Balaban J connectivity index is 2.87. The van der Waals surface area contributed by atoms with Gasteiger partial charge >= 0.3 is 6.03 Å². The van der Waals surface area contributed by atoms with Gasteiger partial charge in [0.1, 0.15) is 0 Å². The molecule has 3 N–H and O–H groups in total. The van der Waals surface area contributed by atoms with E-state index in [0.717, 1.165) is 5.56 Å². The van der Waals surface area contributed by atoms with Gasteiger partial charge in [-0.2, -0.15) is 0 Å². The summed E-state index contributed by atoms with van der Waals surface area (Å²) in [6.07, 6.45) is 1.94. The summed E-state index contributed by atoms with van der Waals surface area (Å²) >= 11 is 0. The molecule has 1 aromatic rings. The fraction of sp³-hybridized carbons (Fsp3) is 0. The molecule has 0 atom stereocenters. The average molecular weight is 190 g/mol. The second-order valence-corrected chi connectivity index (χ2v) is 2.59. The zero-order chi connectivity index (χ0) is 10.4. The van der Waals surface area contributed by atoms with Crippen molar-refractivity contribution in [2.75, 3.05) is 0 Å². The molecule has 4 nitrogen and oxygen atoms in total. The van der Waals surface area contributed by atoms with E-state index in [0.29, 0.717) is 11.9 Å². The molecule has 0 unspecified atom stereocenters. The molecule has 0 aliphatic rings. The van der Waals surface area contributed by atoms with Gasteiger partial charge in [0.2, 0.25) is 0 Å². The van der Waals surface area contributed by atoms with E-state index in [4.69, 9.17) is 5.73 Å². The van der Waals surface area contributed by atoms with E-state index < -0.39 is 6.03 Å². The molecule has 0 aliphatic carbocycles. The first kappa shape index (κ1) is 9.98. The Bertz CT molecular complexity index is 358. The van der Waals surface area contributed by atoms with Crippen LogP contribution in [0.25, 0.3) is 5.57 Å². The number of urea groups is 1. The summed E-state index contributed by atoms with van der Waals surface area (Å²) in [5, 5.41) is 2.24. The number of rotatable bonds is 3. The Kier molecular flexibility index (Phi) is 3.43. The number of benzene rings is 1. The van der Waals surface area contributed by atoms with Crippen LogP contribution in [0.5, 0.6) is 0 Å². The standard InChI is InChI=1S/C10H10N2O2/c11-10(14)12-6-9(7-13)8-4-2-1-3-5-8/h1-7H,(H3,11,12,14)/b9-6+. The van der Waals surface area contributed by atoms with E-state index in [2.05, 4.69) is 5.32 Å². The average Bonchev–Trinajstić information content (AvgIpc) is 2.20. The molecule has 1 rings (SSSR count). The van der Waals surface area contributed by atoms with Gasteiger partial charge in [-0.3, -0.25) is 4.79 Å². The lowest BCUT2D eigenvalue weighted by atomic mass is 10.1. The van der Waals surface area contributed by atoms with Crippen LogP contribution >= 0.6 is 0 Å². The highest BCUT2D eigenvalue weighted by molar-refractivity contribution is 6.07. The molecular formula is C10H10N2O2. The highest BCUT2D eigenvalue weighted by atomic mass is 16.2. The van der Waals surface area contributed by atoms with Crippen LogP contribution in [0.1, 0.15) is 5.56 Å². The first-order chi connectivity index (χ1) is 6.74. The third-order valence-electron chi connectivity index (χ3n) is 1.60. The highest BCUT2D eigenvalue weighted by Crippen LogP contribution is 2.09. The lowest BCUT2D eigenvalue weighted by molar-refractivity contribution is -0.103. The van der Waals surface area contributed by atoms with E-state index in [-0.39, 0.29) is 0 Å². The van der Waals surface area contributed by atoms with Crippen molar-refractivity contribution in [1.82, 2.24) is 5.32 Å². The van der Waals surface area contributed by atoms with Gasteiger partial charge in [-0.05, 0) is 5.56 Å². The van der Waals surface area contributed by atoms with Gasteiger partial charge in [0.05, 0.1) is 0 Å². The van der Waals surface area contributed by atoms with Crippen LogP contribution in [0.3, 0.4) is 0 Å². The van der Waals surface area contributed by atoms with E-state index in [1.807, 2.05) is 6.07 Å². The van der Waals surface area contributed by atoms with Crippen molar-refractivity contribution in [3.05, 3.63) is 42.1 Å². The zero-order valence-electron chi connectivity index (χ0n) is 7.44. The van der Waals surface area contributed by atoms with Crippen molar-refractivity contribution in [2.45, 2.75) is 0 Å². The summed E-state index contributed by atoms with van der Waals surface area (Å²) in [6, 6.07) is 8.29. The third kappa shape index (κ3) is 2.75. The van der Waals surface area contributed by atoms with Crippen LogP contribution in [-0.4, -0.2) is 12.3 Å². The Morgan fingerprint density at radius 3 is 2.43 bits per heavy atom. The molecule has 0 heterocycles. The lowest BCUT2D eigenvalue weighted by Gasteiger charge is -1.99. The predicted molar refractivity (Wildman–Crippen MR) is 53.2 cm³/mol. The van der Waals surface area contributed by atoms with Crippen molar-refractivity contribution in [3.8, 4) is 0 Å². The summed E-state index contributed by atoms with van der Waals surface area (Å²) in [5.41, 5.74) is 5.97. The first-order valence-corrected chi connectivity index (χ1v) is 4.01. The van der Waals surface area contributed by atoms with E-state index in [9.17, 15) is 9.59 Å². The number of hydrogen-bond acceptors (Lipinski definition) is 2. The SMILES string of the molecule is NC(=O)N/C=C(\C=O)c1ccccc1. The molecule has 0 spiro atoms. The maximum Gasteiger partial charge on any atom is 0.316 e. The monoisotopic (exact) mass is 190 g/mol. The highest BCUT2D eigenvalue weighted by Gasteiger charge is 1.98. The lowest BCUT2D eigenvalue weighted by Crippen LogP contribution is -2.24. The number of aldehydes is 1. The fourth-order valence-electron chi connectivity index (χ4n) is 0.965. The van der Waals surface area contributed by atoms with Crippen molar-refractivity contribution < 1.29 is 9.59 Å². The molecule has 0 bridgehead atoms. The maximum atomic E-state index is 10.7. The largest absolute Gasteiger partial charge is 0.351 e. The first-order valence-electron chi connectivity index (χ1n) is 4.01. The van der Waals surface area contributed by atoms with Gasteiger partial charge in [0, 0.05) is 11.8 Å². The number of amides is 2. The summed E-state index contributed by atoms with van der Waals surface area (Å²) in [7, 11) is 0. The Morgan fingerprint density at radius 1 is 1.29 bits per heavy atom. The van der Waals surface area contributed by atoms with Gasteiger partial charge in [-0.15, -0.1) is 0 Å². The topological polar surface area (TPSA) is 72.2 Å². The number of nitrogens with two attached hydrogens (primary N) is 1. The van der Waals surface area contributed by atoms with E-state index in [1.165, 1.54) is 6.20 Å². The third-order valence-corrected chi connectivity index (χ3v) is 1.60. The molecule has 72 valence electrons. The van der Waals surface area contributed by atoms with Crippen LogP contribution in [0.2, 0.25) is 0 Å². The maximum absolute atomic E-state index is 10.7. The van der Waals surface area contributed by atoms with Crippen LogP contribution in [-0.2, 0) is 4.79 Å². The quantitative estimate of drug-likeness (QED) is 0.549. The molecule has 0 aliphatic heterocycles. The van der Waals surface area contributed by atoms with Crippen molar-refractivity contribution in [3.63, 3.8) is 0 Å². The van der Waals surface area contributed by atoms with Crippen molar-refractivity contribution in [1.29, 1.82) is 0 Å². The molecule has 2 amide bonds. The number of carbonyl (C=O) groups excluding carboxylic acids is 2. The molecule has 0 fully saturated rings. The molecule has 0 aromatic heterocycles. The number of primary amides is 1. The van der Waals surface area contributed by atoms with Gasteiger partial charge < -0.3 is 11.1 Å². The van der Waals surface area contributed by atoms with E-state index >= 15 is 0 Å². The Hall–Kier alpha value is -2.10. The zero-order valence-corrected chi connectivity index (χ0v) is 7.44. The Morgan fingerprint density at radius 2 is 1.93 bits per heavy atom. The molecule has 1 aromatic carbocycles. The molecule has 0 radical (unpaired) electrons. The van der Waals surface area contributed by atoms with Crippen molar-refractivity contribution in [2.24, 2.45) is 5.73 Å². The van der Waals surface area contributed by atoms with Gasteiger partial charge in [-0.25, -0.2) is 4.79 Å². The molecule has 4 heteroatoms. The second-order valence-electron chi connectivity index (χ2n) is 2.59. The minimum atomic E-state index is -0.694. The predicted octanol–water partition coefficient (Wildman–Crippen LogP) is 0.895. The van der Waals surface area contributed by atoms with Crippen LogP contribution < -0.4 is 11.1 Å². The molecule has 14 heavy (non-hydrogen) atoms. The normalized spacial score (nSPS) is 10.7. The van der Waals surface area contributed by atoms with Crippen molar-refractivity contribution >= 4 is 17.9 Å². The smallest absolute Gasteiger partial charge is 0.316 e.